The van der Waals surface area contributed by atoms with Crippen LogP contribution in [0.4, 0.5) is 4.39 Å². The zero-order valence-electron chi connectivity index (χ0n) is 9.69. The maximum atomic E-state index is 14.0. The van der Waals surface area contributed by atoms with Gasteiger partial charge in [0.25, 0.3) is 0 Å². The molecule has 1 aromatic carbocycles. The summed E-state index contributed by atoms with van der Waals surface area (Å²) in [5, 5.41) is 3.49. The Morgan fingerprint density at radius 1 is 1.44 bits per heavy atom. The summed E-state index contributed by atoms with van der Waals surface area (Å²) < 4.78 is 14.9. The van der Waals surface area contributed by atoms with Crippen LogP contribution < -0.4 is 5.32 Å². The summed E-state index contributed by atoms with van der Waals surface area (Å²) in [6.45, 7) is 5.28. The smallest absolute Gasteiger partial charge is 0.128 e. The van der Waals surface area contributed by atoms with Crippen molar-refractivity contribution in [3.05, 3.63) is 34.1 Å². The van der Waals surface area contributed by atoms with Gasteiger partial charge in [-0.3, -0.25) is 0 Å². The molecule has 0 bridgehead atoms. The predicted molar refractivity (Wildman–Crippen MR) is 67.9 cm³/mol. The second-order valence-electron chi connectivity index (χ2n) is 4.78. The molecule has 0 saturated carbocycles. The summed E-state index contributed by atoms with van der Waals surface area (Å²) >= 11 is 3.42. The largest absolute Gasteiger partial charge is 0.307 e. The van der Waals surface area contributed by atoms with E-state index in [9.17, 15) is 4.39 Å². The van der Waals surface area contributed by atoms with Gasteiger partial charge in [-0.05, 0) is 43.5 Å². The molecular weight excluding hydrogens is 269 g/mol. The molecule has 1 fully saturated rings. The van der Waals surface area contributed by atoms with E-state index in [0.717, 1.165) is 29.4 Å². The lowest BCUT2D eigenvalue weighted by Gasteiger charge is -2.35. The Balaban J connectivity index is 2.50. The highest BCUT2D eigenvalue weighted by atomic mass is 79.9. The van der Waals surface area contributed by atoms with Crippen LogP contribution in [0.1, 0.15) is 32.3 Å². The molecule has 0 aromatic heterocycles. The number of hydrogen-bond donors (Lipinski definition) is 1. The first-order chi connectivity index (χ1) is 7.56. The second-order valence-corrected chi connectivity index (χ2v) is 5.70. The van der Waals surface area contributed by atoms with Gasteiger partial charge in [0, 0.05) is 15.6 Å². The minimum Gasteiger partial charge on any atom is -0.307 e. The maximum Gasteiger partial charge on any atom is 0.128 e. The van der Waals surface area contributed by atoms with Crippen molar-refractivity contribution >= 4 is 15.9 Å². The first-order valence-electron chi connectivity index (χ1n) is 5.77. The minimum absolute atomic E-state index is 0.105. The summed E-state index contributed by atoms with van der Waals surface area (Å²) in [6.07, 6.45) is 2.13. The molecule has 1 aliphatic rings. The fourth-order valence-electron chi connectivity index (χ4n) is 2.64. The van der Waals surface area contributed by atoms with Gasteiger partial charge in [-0.2, -0.15) is 0 Å². The van der Waals surface area contributed by atoms with Crippen LogP contribution in [-0.4, -0.2) is 6.54 Å². The van der Waals surface area contributed by atoms with E-state index in [1.807, 2.05) is 6.07 Å². The van der Waals surface area contributed by atoms with Gasteiger partial charge in [0.2, 0.25) is 0 Å². The third kappa shape index (κ3) is 1.91. The number of hydrogen-bond acceptors (Lipinski definition) is 1. The Morgan fingerprint density at radius 3 is 2.75 bits per heavy atom. The minimum atomic E-state index is -0.187. The summed E-state index contributed by atoms with van der Waals surface area (Å²) in [5.41, 5.74) is 0.614. The molecule has 1 saturated heterocycles. The quantitative estimate of drug-likeness (QED) is 0.871. The van der Waals surface area contributed by atoms with Crippen molar-refractivity contribution in [1.82, 2.24) is 5.32 Å². The molecule has 3 heteroatoms. The second kappa shape index (κ2) is 4.46. The van der Waals surface area contributed by atoms with Crippen molar-refractivity contribution in [2.75, 3.05) is 6.54 Å². The number of halogens is 2. The molecule has 2 rings (SSSR count). The Morgan fingerprint density at radius 2 is 2.19 bits per heavy atom. The number of nitrogens with one attached hydrogen (secondary N) is 1. The van der Waals surface area contributed by atoms with Gasteiger partial charge in [-0.25, -0.2) is 4.39 Å². The SMILES string of the molecule is CC(C)C1(c2cc(Br)ccc2F)CCCN1. The van der Waals surface area contributed by atoms with Crippen molar-refractivity contribution < 1.29 is 4.39 Å². The van der Waals surface area contributed by atoms with Gasteiger partial charge in [-0.1, -0.05) is 29.8 Å². The molecule has 88 valence electrons. The molecule has 0 amide bonds. The monoisotopic (exact) mass is 285 g/mol. The van der Waals surface area contributed by atoms with Crippen molar-refractivity contribution in [2.24, 2.45) is 5.92 Å². The summed E-state index contributed by atoms with van der Waals surface area (Å²) in [5.74, 6) is 0.282. The van der Waals surface area contributed by atoms with Gasteiger partial charge in [-0.15, -0.1) is 0 Å². The molecule has 1 atom stereocenters. The Hall–Kier alpha value is -0.410. The van der Waals surface area contributed by atoms with Crippen LogP contribution in [0.2, 0.25) is 0 Å². The highest BCUT2D eigenvalue weighted by Gasteiger charge is 2.40. The lowest BCUT2D eigenvalue weighted by atomic mass is 9.78. The van der Waals surface area contributed by atoms with Gasteiger partial charge >= 0.3 is 0 Å². The summed E-state index contributed by atoms with van der Waals surface area (Å²) in [7, 11) is 0. The normalized spacial score (nSPS) is 25.3. The zero-order valence-corrected chi connectivity index (χ0v) is 11.3. The Kier molecular flexibility index (Phi) is 3.36. The first kappa shape index (κ1) is 12.1. The zero-order chi connectivity index (χ0) is 11.8. The predicted octanol–water partition coefficient (Wildman–Crippen LogP) is 3.82. The van der Waals surface area contributed by atoms with Crippen LogP contribution in [0, 0.1) is 11.7 Å². The van der Waals surface area contributed by atoms with Gasteiger partial charge < -0.3 is 5.32 Å². The van der Waals surface area contributed by atoms with Gasteiger partial charge in [0.05, 0.1) is 0 Å². The molecule has 0 aliphatic carbocycles. The lowest BCUT2D eigenvalue weighted by molar-refractivity contribution is 0.267. The van der Waals surface area contributed by atoms with E-state index in [-0.39, 0.29) is 11.4 Å². The van der Waals surface area contributed by atoms with Crippen LogP contribution >= 0.6 is 15.9 Å². The number of rotatable bonds is 2. The van der Waals surface area contributed by atoms with Crippen LogP contribution in [0.3, 0.4) is 0 Å². The van der Waals surface area contributed by atoms with E-state index in [4.69, 9.17) is 0 Å². The highest BCUT2D eigenvalue weighted by Crippen LogP contribution is 2.39. The average Bonchev–Trinajstić information content (AvgIpc) is 2.71. The molecule has 1 unspecified atom stereocenters. The van der Waals surface area contributed by atoms with Crippen LogP contribution in [-0.2, 0) is 5.54 Å². The fraction of sp³-hybridized carbons (Fsp3) is 0.538. The van der Waals surface area contributed by atoms with Crippen molar-refractivity contribution in [1.29, 1.82) is 0 Å². The number of benzene rings is 1. The molecule has 0 spiro atoms. The molecule has 1 N–H and O–H groups in total. The molecule has 1 aromatic rings. The molecule has 0 radical (unpaired) electrons. The van der Waals surface area contributed by atoms with Crippen LogP contribution in [0.15, 0.2) is 22.7 Å². The molecule has 16 heavy (non-hydrogen) atoms. The first-order valence-corrected chi connectivity index (χ1v) is 6.56. The average molecular weight is 286 g/mol. The third-order valence-electron chi connectivity index (χ3n) is 3.58. The van der Waals surface area contributed by atoms with E-state index >= 15 is 0 Å². The van der Waals surface area contributed by atoms with Gasteiger partial charge in [0.15, 0.2) is 0 Å². The van der Waals surface area contributed by atoms with Crippen molar-refractivity contribution in [3.8, 4) is 0 Å². The molecule has 1 heterocycles. The van der Waals surface area contributed by atoms with E-state index in [1.165, 1.54) is 0 Å². The molecule has 1 aliphatic heterocycles. The lowest BCUT2D eigenvalue weighted by Crippen LogP contribution is -2.42. The van der Waals surface area contributed by atoms with E-state index < -0.39 is 0 Å². The summed E-state index contributed by atoms with van der Waals surface area (Å²) in [4.78, 5) is 0. The third-order valence-corrected chi connectivity index (χ3v) is 4.08. The maximum absolute atomic E-state index is 14.0. The Labute approximate surface area is 105 Å². The summed E-state index contributed by atoms with van der Waals surface area (Å²) in [6, 6.07) is 5.21. The molecule has 1 nitrogen and oxygen atoms in total. The molecular formula is C13H17BrFN. The van der Waals surface area contributed by atoms with Crippen molar-refractivity contribution in [2.45, 2.75) is 32.2 Å². The highest BCUT2D eigenvalue weighted by molar-refractivity contribution is 9.10. The van der Waals surface area contributed by atoms with Gasteiger partial charge in [0.1, 0.15) is 5.82 Å². The topological polar surface area (TPSA) is 12.0 Å². The van der Waals surface area contributed by atoms with E-state index in [2.05, 4.69) is 35.1 Å². The van der Waals surface area contributed by atoms with Crippen LogP contribution in [0.5, 0.6) is 0 Å². The van der Waals surface area contributed by atoms with Crippen molar-refractivity contribution in [3.63, 3.8) is 0 Å². The van der Waals surface area contributed by atoms with Crippen LogP contribution in [0.25, 0.3) is 0 Å². The van der Waals surface area contributed by atoms with E-state index in [1.54, 1.807) is 12.1 Å². The van der Waals surface area contributed by atoms with E-state index in [0.29, 0.717) is 5.92 Å². The Bertz CT molecular complexity index is 384. The fourth-order valence-corrected chi connectivity index (χ4v) is 3.00. The standard InChI is InChI=1S/C13H17BrFN/c1-9(2)13(6-3-7-16-13)11-8-10(14)4-5-12(11)15/h4-5,8-9,16H,3,6-7H2,1-2H3.